The zero-order valence-corrected chi connectivity index (χ0v) is 14.5. The van der Waals surface area contributed by atoms with Gasteiger partial charge in [0, 0.05) is 22.8 Å². The highest BCUT2D eigenvalue weighted by Gasteiger charge is 2.41. The van der Waals surface area contributed by atoms with Gasteiger partial charge in [0.15, 0.2) is 0 Å². The maximum absolute atomic E-state index is 12.2. The van der Waals surface area contributed by atoms with Crippen molar-refractivity contribution < 1.29 is 28.9 Å². The van der Waals surface area contributed by atoms with Gasteiger partial charge in [-0.25, -0.2) is 9.59 Å². The second-order valence-corrected chi connectivity index (χ2v) is 6.63. The molecule has 0 aliphatic carbocycles. The Hall–Kier alpha value is -2.60. The van der Waals surface area contributed by atoms with Crippen LogP contribution in [0, 0.1) is 0 Å². The zero-order valence-electron chi connectivity index (χ0n) is 14.5. The summed E-state index contributed by atoms with van der Waals surface area (Å²) in [4.78, 5) is 24.1. The van der Waals surface area contributed by atoms with Gasteiger partial charge in [-0.15, -0.1) is 0 Å². The van der Waals surface area contributed by atoms with E-state index < -0.39 is 29.7 Å². The molecule has 25 heavy (non-hydrogen) atoms. The van der Waals surface area contributed by atoms with Gasteiger partial charge in [-0.05, 0) is 39.8 Å². The van der Waals surface area contributed by atoms with Gasteiger partial charge in [0.25, 0.3) is 0 Å². The normalized spacial score (nSPS) is 23.9. The van der Waals surface area contributed by atoms with Crippen molar-refractivity contribution in [1.82, 2.24) is 0 Å². The molecule has 2 aliphatic heterocycles. The van der Waals surface area contributed by atoms with Crippen LogP contribution in [0.4, 0.5) is 0 Å². The molecule has 0 aromatic heterocycles. The van der Waals surface area contributed by atoms with Crippen molar-refractivity contribution in [3.05, 3.63) is 41.0 Å². The Kier molecular flexibility index (Phi) is 4.16. The van der Waals surface area contributed by atoms with Crippen LogP contribution in [-0.2, 0) is 14.3 Å². The monoisotopic (exact) mass is 344 g/mol. The smallest absolute Gasteiger partial charge is 0.356 e. The van der Waals surface area contributed by atoms with Gasteiger partial charge < -0.3 is 19.3 Å². The van der Waals surface area contributed by atoms with Gasteiger partial charge in [-0.1, -0.05) is 12.2 Å². The van der Waals surface area contributed by atoms with Crippen LogP contribution in [-0.4, -0.2) is 28.8 Å². The van der Waals surface area contributed by atoms with Crippen molar-refractivity contribution in [1.29, 1.82) is 0 Å². The van der Waals surface area contributed by atoms with E-state index in [1.54, 1.807) is 32.1 Å². The Labute approximate surface area is 145 Å². The predicted octanol–water partition coefficient (Wildman–Crippen LogP) is 2.70. The first-order valence-electron chi connectivity index (χ1n) is 8.01. The number of esters is 2. The van der Waals surface area contributed by atoms with E-state index in [0.29, 0.717) is 16.9 Å². The molecule has 0 saturated heterocycles. The number of aliphatic hydroxyl groups is 1. The standard InChI is InChI=1S/C19H20O6/c1-5-10(2)17(21)24-16-15(20)12-8-11-6-7-19(3,4)25-13(11)9-14(12)23-18(16)22/h5-9,15-16,20H,1-4H3/b10-5+. The van der Waals surface area contributed by atoms with Gasteiger partial charge in [-0.3, -0.25) is 0 Å². The Bertz CT molecular complexity index is 802. The van der Waals surface area contributed by atoms with E-state index in [9.17, 15) is 14.7 Å². The van der Waals surface area contributed by atoms with Crippen molar-refractivity contribution in [2.24, 2.45) is 0 Å². The highest BCUT2D eigenvalue weighted by atomic mass is 16.6. The van der Waals surface area contributed by atoms with Crippen LogP contribution in [0.1, 0.15) is 44.9 Å². The van der Waals surface area contributed by atoms with Crippen molar-refractivity contribution in [3.8, 4) is 11.5 Å². The molecule has 6 nitrogen and oxygen atoms in total. The summed E-state index contributed by atoms with van der Waals surface area (Å²) in [6.07, 6.45) is 2.64. The zero-order chi connectivity index (χ0) is 18.4. The Morgan fingerprint density at radius 3 is 2.72 bits per heavy atom. The molecule has 0 bridgehead atoms. The molecule has 2 unspecified atom stereocenters. The summed E-state index contributed by atoms with van der Waals surface area (Å²) in [5.74, 6) is -0.721. The van der Waals surface area contributed by atoms with Crippen molar-refractivity contribution in [2.75, 3.05) is 0 Å². The molecule has 0 fully saturated rings. The third-order valence-corrected chi connectivity index (χ3v) is 4.22. The lowest BCUT2D eigenvalue weighted by molar-refractivity contribution is -0.170. The summed E-state index contributed by atoms with van der Waals surface area (Å²) in [6, 6.07) is 3.25. The SMILES string of the molecule is C/C=C(\C)C(=O)OC1C(=O)Oc2cc3c(cc2C1O)C=CC(C)(C)O3. The maximum atomic E-state index is 12.2. The fourth-order valence-corrected chi connectivity index (χ4v) is 2.64. The summed E-state index contributed by atoms with van der Waals surface area (Å²) < 4.78 is 16.2. The van der Waals surface area contributed by atoms with Gasteiger partial charge in [-0.2, -0.15) is 0 Å². The molecule has 132 valence electrons. The van der Waals surface area contributed by atoms with Crippen LogP contribution < -0.4 is 9.47 Å². The van der Waals surface area contributed by atoms with E-state index >= 15 is 0 Å². The molecule has 2 aliphatic rings. The molecule has 0 saturated carbocycles. The summed E-state index contributed by atoms with van der Waals surface area (Å²) in [6.45, 7) is 7.07. The van der Waals surface area contributed by atoms with Crippen molar-refractivity contribution in [2.45, 2.75) is 45.5 Å². The molecular weight excluding hydrogens is 324 g/mol. The first-order chi connectivity index (χ1) is 11.7. The number of aliphatic hydroxyl groups excluding tert-OH is 1. The van der Waals surface area contributed by atoms with Crippen molar-refractivity contribution >= 4 is 18.0 Å². The minimum Gasteiger partial charge on any atom is -0.483 e. The van der Waals surface area contributed by atoms with Crippen LogP contribution >= 0.6 is 0 Å². The molecule has 0 radical (unpaired) electrons. The van der Waals surface area contributed by atoms with Crippen LogP contribution in [0.2, 0.25) is 0 Å². The van der Waals surface area contributed by atoms with E-state index in [4.69, 9.17) is 14.2 Å². The molecule has 2 heterocycles. The molecule has 0 spiro atoms. The Morgan fingerprint density at radius 1 is 1.32 bits per heavy atom. The average Bonchev–Trinajstić information content (AvgIpc) is 2.55. The van der Waals surface area contributed by atoms with Crippen LogP contribution in [0.5, 0.6) is 11.5 Å². The second kappa shape index (κ2) is 6.04. The lowest BCUT2D eigenvalue weighted by atomic mass is 9.95. The first-order valence-corrected chi connectivity index (χ1v) is 8.01. The van der Waals surface area contributed by atoms with Gasteiger partial charge in [0.2, 0.25) is 6.10 Å². The van der Waals surface area contributed by atoms with Crippen molar-refractivity contribution in [3.63, 3.8) is 0 Å². The number of hydrogen-bond donors (Lipinski definition) is 1. The third kappa shape index (κ3) is 3.17. The number of ether oxygens (including phenoxy) is 3. The lowest BCUT2D eigenvalue weighted by Crippen LogP contribution is -2.40. The van der Waals surface area contributed by atoms with E-state index in [-0.39, 0.29) is 5.75 Å². The second-order valence-electron chi connectivity index (χ2n) is 6.63. The number of allylic oxidation sites excluding steroid dienone is 1. The minimum absolute atomic E-state index is 0.206. The summed E-state index contributed by atoms with van der Waals surface area (Å²) in [5, 5.41) is 10.5. The molecule has 6 heteroatoms. The Balaban J connectivity index is 1.93. The third-order valence-electron chi connectivity index (χ3n) is 4.22. The number of fused-ring (bicyclic) bond motifs is 2. The van der Waals surface area contributed by atoms with E-state index in [0.717, 1.165) is 5.56 Å². The molecule has 1 aromatic carbocycles. The summed E-state index contributed by atoms with van der Waals surface area (Å²) in [5.41, 5.74) is 1.00. The number of hydrogen-bond acceptors (Lipinski definition) is 6. The molecule has 1 N–H and O–H groups in total. The largest absolute Gasteiger partial charge is 0.483 e. The minimum atomic E-state index is -1.40. The number of carbonyl (C=O) groups excluding carboxylic acids is 2. The van der Waals surface area contributed by atoms with Gasteiger partial charge in [0.1, 0.15) is 23.2 Å². The van der Waals surface area contributed by atoms with Gasteiger partial charge in [0.05, 0.1) is 0 Å². The van der Waals surface area contributed by atoms with E-state index in [1.165, 1.54) is 0 Å². The van der Waals surface area contributed by atoms with E-state index in [1.807, 2.05) is 26.0 Å². The summed E-state index contributed by atoms with van der Waals surface area (Å²) in [7, 11) is 0. The Morgan fingerprint density at radius 2 is 2.04 bits per heavy atom. The summed E-state index contributed by atoms with van der Waals surface area (Å²) >= 11 is 0. The molecule has 2 atom stereocenters. The molecule has 1 aromatic rings. The van der Waals surface area contributed by atoms with Crippen LogP contribution in [0.3, 0.4) is 0 Å². The van der Waals surface area contributed by atoms with Crippen LogP contribution in [0.25, 0.3) is 6.08 Å². The number of carbonyl (C=O) groups is 2. The topological polar surface area (TPSA) is 82.1 Å². The fourth-order valence-electron chi connectivity index (χ4n) is 2.64. The van der Waals surface area contributed by atoms with Gasteiger partial charge >= 0.3 is 11.9 Å². The quantitative estimate of drug-likeness (QED) is 0.505. The number of rotatable bonds is 2. The maximum Gasteiger partial charge on any atom is 0.356 e. The van der Waals surface area contributed by atoms with E-state index in [2.05, 4.69) is 0 Å². The first kappa shape index (κ1) is 17.2. The number of benzene rings is 1. The highest BCUT2D eigenvalue weighted by molar-refractivity contribution is 5.91. The predicted molar refractivity (Wildman–Crippen MR) is 90.1 cm³/mol. The van der Waals surface area contributed by atoms with Crippen LogP contribution in [0.15, 0.2) is 29.9 Å². The average molecular weight is 344 g/mol. The molecular formula is C19H20O6. The molecule has 0 amide bonds. The lowest BCUT2D eigenvalue weighted by Gasteiger charge is -2.32. The molecule has 3 rings (SSSR count). The fraction of sp³-hybridized carbons (Fsp3) is 0.368. The highest BCUT2D eigenvalue weighted by Crippen LogP contribution is 2.42.